The van der Waals surface area contributed by atoms with Crippen LogP contribution in [0.3, 0.4) is 0 Å². The van der Waals surface area contributed by atoms with Gasteiger partial charge in [0, 0.05) is 19.3 Å². The molecule has 1 aliphatic heterocycles. The number of nitrogens with two attached hydrogens (primary N) is 1. The molecule has 2 heterocycles. The lowest BCUT2D eigenvalue weighted by molar-refractivity contribution is 0.0536. The van der Waals surface area contributed by atoms with Gasteiger partial charge in [-0.1, -0.05) is 11.6 Å². The topological polar surface area (TPSA) is 77.2 Å². The lowest BCUT2D eigenvalue weighted by Crippen LogP contribution is -2.33. The third kappa shape index (κ3) is 3.34. The Hall–Kier alpha value is -1.33. The molecular weight excluding hydrogens is 254 g/mol. The van der Waals surface area contributed by atoms with E-state index < -0.39 is 0 Å². The van der Waals surface area contributed by atoms with Crippen molar-refractivity contribution in [2.24, 2.45) is 5.92 Å². The van der Waals surface area contributed by atoms with Gasteiger partial charge in [-0.05, 0) is 24.8 Å². The van der Waals surface area contributed by atoms with Crippen molar-refractivity contribution in [2.75, 3.05) is 25.5 Å². The summed E-state index contributed by atoms with van der Waals surface area (Å²) < 4.78 is 5.36. The Morgan fingerprint density at radius 1 is 1.67 bits per heavy atom. The zero-order valence-corrected chi connectivity index (χ0v) is 10.7. The second-order valence-corrected chi connectivity index (χ2v) is 4.79. The van der Waals surface area contributed by atoms with E-state index in [9.17, 15) is 4.79 Å². The fraction of sp³-hybridized carbons (Fsp3) is 0.500. The smallest absolute Gasteiger partial charge is 0.253 e. The van der Waals surface area contributed by atoms with E-state index in [-0.39, 0.29) is 11.7 Å². The number of hydrogen-bond acceptors (Lipinski definition) is 4. The second-order valence-electron chi connectivity index (χ2n) is 4.38. The van der Waals surface area contributed by atoms with Crippen LogP contribution < -0.4 is 11.1 Å². The molecule has 1 atom stereocenters. The molecule has 1 saturated heterocycles. The molecule has 98 valence electrons. The van der Waals surface area contributed by atoms with Crippen molar-refractivity contribution >= 4 is 23.3 Å². The Balaban J connectivity index is 1.92. The summed E-state index contributed by atoms with van der Waals surface area (Å²) >= 11 is 5.91. The van der Waals surface area contributed by atoms with Crippen molar-refractivity contribution < 1.29 is 9.53 Å². The van der Waals surface area contributed by atoms with Gasteiger partial charge in [-0.15, -0.1) is 0 Å². The van der Waals surface area contributed by atoms with Gasteiger partial charge < -0.3 is 15.8 Å². The molecule has 0 aliphatic carbocycles. The minimum absolute atomic E-state index is 0.223. The Labute approximate surface area is 111 Å². The predicted molar refractivity (Wildman–Crippen MR) is 69.5 cm³/mol. The van der Waals surface area contributed by atoms with E-state index in [2.05, 4.69) is 10.3 Å². The minimum Gasteiger partial charge on any atom is -0.384 e. The number of pyridine rings is 1. The van der Waals surface area contributed by atoms with Crippen LogP contribution >= 0.6 is 11.6 Å². The largest absolute Gasteiger partial charge is 0.384 e. The summed E-state index contributed by atoms with van der Waals surface area (Å²) in [6.45, 7) is 2.11. The number of carbonyl (C=O) groups excluding carboxylic acids is 1. The number of aromatic nitrogens is 1. The maximum Gasteiger partial charge on any atom is 0.253 e. The van der Waals surface area contributed by atoms with E-state index in [0.717, 1.165) is 19.4 Å². The molecule has 0 spiro atoms. The molecule has 0 saturated carbocycles. The van der Waals surface area contributed by atoms with E-state index in [1.807, 2.05) is 0 Å². The van der Waals surface area contributed by atoms with Crippen LogP contribution in [0, 0.1) is 5.92 Å². The van der Waals surface area contributed by atoms with Gasteiger partial charge in [0.15, 0.2) is 0 Å². The van der Waals surface area contributed by atoms with Crippen molar-refractivity contribution in [1.29, 1.82) is 0 Å². The molecule has 18 heavy (non-hydrogen) atoms. The predicted octanol–water partition coefficient (Wildman–Crippen LogP) is 1.47. The standard InChI is InChI=1S/C12H16ClN3O2/c13-10-6-15-11(14)4-9(10)12(17)16-5-8-2-1-3-18-7-8/h4,6,8H,1-3,5,7H2,(H2,14,15)(H,16,17). The molecular formula is C12H16ClN3O2. The van der Waals surface area contributed by atoms with Gasteiger partial charge in [0.1, 0.15) is 5.82 Å². The molecule has 1 fully saturated rings. The van der Waals surface area contributed by atoms with Crippen LogP contribution in [-0.4, -0.2) is 30.6 Å². The van der Waals surface area contributed by atoms with Gasteiger partial charge >= 0.3 is 0 Å². The molecule has 0 aromatic carbocycles. The number of amides is 1. The maximum atomic E-state index is 11.9. The van der Waals surface area contributed by atoms with Crippen molar-refractivity contribution in [1.82, 2.24) is 10.3 Å². The molecule has 2 rings (SSSR count). The zero-order chi connectivity index (χ0) is 13.0. The number of rotatable bonds is 3. The third-order valence-electron chi connectivity index (χ3n) is 2.93. The van der Waals surface area contributed by atoms with Gasteiger partial charge in [-0.2, -0.15) is 0 Å². The van der Waals surface area contributed by atoms with Crippen LogP contribution in [0.2, 0.25) is 5.02 Å². The fourth-order valence-electron chi connectivity index (χ4n) is 1.93. The van der Waals surface area contributed by atoms with E-state index in [1.54, 1.807) is 0 Å². The van der Waals surface area contributed by atoms with Crippen LogP contribution in [0.5, 0.6) is 0 Å². The molecule has 0 bridgehead atoms. The normalized spacial score (nSPS) is 19.5. The van der Waals surface area contributed by atoms with Gasteiger partial charge in [0.2, 0.25) is 0 Å². The molecule has 1 amide bonds. The van der Waals surface area contributed by atoms with E-state index >= 15 is 0 Å². The van der Waals surface area contributed by atoms with Crippen LogP contribution in [0.4, 0.5) is 5.82 Å². The fourth-order valence-corrected chi connectivity index (χ4v) is 2.12. The van der Waals surface area contributed by atoms with Crippen molar-refractivity contribution in [3.63, 3.8) is 0 Å². The minimum atomic E-state index is -0.223. The number of nitrogens with zero attached hydrogens (tertiary/aromatic N) is 1. The average Bonchev–Trinajstić information content (AvgIpc) is 2.40. The average molecular weight is 270 g/mol. The number of carbonyl (C=O) groups is 1. The van der Waals surface area contributed by atoms with Crippen molar-refractivity contribution in [3.05, 3.63) is 22.8 Å². The van der Waals surface area contributed by atoms with Gasteiger partial charge in [0.25, 0.3) is 5.91 Å². The molecule has 6 heteroatoms. The number of ether oxygens (including phenoxy) is 1. The monoisotopic (exact) mass is 269 g/mol. The molecule has 1 aromatic rings. The SMILES string of the molecule is Nc1cc(C(=O)NCC2CCCOC2)c(Cl)cn1. The van der Waals surface area contributed by atoms with Crippen molar-refractivity contribution in [3.8, 4) is 0 Å². The first-order valence-corrected chi connectivity index (χ1v) is 6.31. The van der Waals surface area contributed by atoms with E-state index in [4.69, 9.17) is 22.1 Å². The Morgan fingerprint density at radius 2 is 2.50 bits per heavy atom. The summed E-state index contributed by atoms with van der Waals surface area (Å²) in [7, 11) is 0. The Bertz CT molecular complexity index is 433. The van der Waals surface area contributed by atoms with Crippen LogP contribution in [0.15, 0.2) is 12.3 Å². The quantitative estimate of drug-likeness (QED) is 0.871. The number of nitrogens with one attached hydrogen (secondary N) is 1. The highest BCUT2D eigenvalue weighted by atomic mass is 35.5. The summed E-state index contributed by atoms with van der Waals surface area (Å²) in [5.74, 6) is 0.436. The maximum absolute atomic E-state index is 11.9. The summed E-state index contributed by atoms with van der Waals surface area (Å²) in [4.78, 5) is 15.8. The van der Waals surface area contributed by atoms with E-state index in [1.165, 1.54) is 12.3 Å². The Kier molecular flexibility index (Phi) is 4.38. The third-order valence-corrected chi connectivity index (χ3v) is 3.23. The first-order valence-electron chi connectivity index (χ1n) is 5.94. The van der Waals surface area contributed by atoms with Gasteiger partial charge in [-0.3, -0.25) is 4.79 Å². The highest BCUT2D eigenvalue weighted by molar-refractivity contribution is 6.33. The Morgan fingerprint density at radius 3 is 3.22 bits per heavy atom. The van der Waals surface area contributed by atoms with Crippen LogP contribution in [0.25, 0.3) is 0 Å². The highest BCUT2D eigenvalue weighted by Crippen LogP contribution is 2.17. The molecule has 0 radical (unpaired) electrons. The molecule has 1 aromatic heterocycles. The van der Waals surface area contributed by atoms with Crippen LogP contribution in [0.1, 0.15) is 23.2 Å². The summed E-state index contributed by atoms with van der Waals surface area (Å²) in [5.41, 5.74) is 5.90. The van der Waals surface area contributed by atoms with E-state index in [0.29, 0.717) is 29.7 Å². The summed E-state index contributed by atoms with van der Waals surface area (Å²) in [6, 6.07) is 1.48. The number of halogens is 1. The lowest BCUT2D eigenvalue weighted by atomic mass is 10.0. The first kappa shape index (κ1) is 13.1. The number of hydrogen-bond donors (Lipinski definition) is 2. The molecule has 1 unspecified atom stereocenters. The summed E-state index contributed by atoms with van der Waals surface area (Å²) in [6.07, 6.45) is 3.51. The zero-order valence-electron chi connectivity index (χ0n) is 9.99. The second kappa shape index (κ2) is 6.02. The van der Waals surface area contributed by atoms with Crippen molar-refractivity contribution in [2.45, 2.75) is 12.8 Å². The number of nitrogen functional groups attached to an aromatic ring is 1. The van der Waals surface area contributed by atoms with Crippen LogP contribution in [-0.2, 0) is 4.74 Å². The first-order chi connectivity index (χ1) is 8.66. The highest BCUT2D eigenvalue weighted by Gasteiger charge is 2.16. The van der Waals surface area contributed by atoms with Gasteiger partial charge in [0.05, 0.1) is 17.2 Å². The molecule has 1 aliphatic rings. The van der Waals surface area contributed by atoms with Gasteiger partial charge in [-0.25, -0.2) is 4.98 Å². The molecule has 5 nitrogen and oxygen atoms in total. The lowest BCUT2D eigenvalue weighted by Gasteiger charge is -2.22. The summed E-state index contributed by atoms with van der Waals surface area (Å²) in [5, 5.41) is 3.16. The molecule has 3 N–H and O–H groups in total. The number of anilines is 1.